The lowest BCUT2D eigenvalue weighted by Crippen LogP contribution is -2.49. The monoisotopic (exact) mass is 395 g/mol. The molecule has 27 heavy (non-hydrogen) atoms. The molecule has 1 amide bonds. The molecule has 0 aliphatic rings. The molecule has 0 saturated carbocycles. The van der Waals surface area contributed by atoms with E-state index in [0.717, 1.165) is 18.4 Å². The first-order valence-corrected chi connectivity index (χ1v) is 10.2. The smallest absolute Gasteiger partial charge is 0.265 e. The van der Waals surface area contributed by atoms with Crippen molar-refractivity contribution in [2.45, 2.75) is 56.6 Å². The Balaban J connectivity index is 3.17. The van der Waals surface area contributed by atoms with E-state index in [2.05, 4.69) is 6.08 Å². The number of hydroxylamine groups is 1. The van der Waals surface area contributed by atoms with Gasteiger partial charge in [0.1, 0.15) is 5.75 Å². The number of hydrogen-bond acceptors (Lipinski definition) is 5. The third-order valence-corrected chi connectivity index (χ3v) is 6.91. The van der Waals surface area contributed by atoms with Gasteiger partial charge in [0.2, 0.25) is 0 Å². The second kappa shape index (κ2) is 9.71. The van der Waals surface area contributed by atoms with Gasteiger partial charge < -0.3 is 4.74 Å². The van der Waals surface area contributed by atoms with Crippen LogP contribution in [0, 0.1) is 0 Å². The molecule has 1 rings (SSSR count). The molecule has 1 aromatic carbocycles. The zero-order valence-electron chi connectivity index (χ0n) is 16.6. The second-order valence-electron chi connectivity index (χ2n) is 6.93. The number of allylic oxidation sites excluding steroid dienone is 4. The number of amides is 1. The molecule has 0 aliphatic heterocycles. The van der Waals surface area contributed by atoms with Crippen molar-refractivity contribution in [1.82, 2.24) is 5.48 Å². The number of benzene rings is 1. The molecular formula is C20H29NO5S. The maximum Gasteiger partial charge on any atom is 0.265 e. The average molecular weight is 396 g/mol. The molecule has 1 atom stereocenters. The Morgan fingerprint density at radius 3 is 2.26 bits per heavy atom. The van der Waals surface area contributed by atoms with Crippen LogP contribution in [-0.2, 0) is 14.6 Å². The van der Waals surface area contributed by atoms with E-state index >= 15 is 0 Å². The van der Waals surface area contributed by atoms with Crippen molar-refractivity contribution in [3.8, 4) is 5.75 Å². The predicted molar refractivity (Wildman–Crippen MR) is 106 cm³/mol. The fourth-order valence-electron chi connectivity index (χ4n) is 2.52. The van der Waals surface area contributed by atoms with E-state index in [1.165, 1.54) is 49.4 Å². The first kappa shape index (κ1) is 22.9. The number of nitrogens with one attached hydrogen (secondary N) is 1. The normalized spacial score (nSPS) is 14.2. The number of carbonyl (C=O) groups is 1. The minimum absolute atomic E-state index is 0.00926. The second-order valence-corrected chi connectivity index (χ2v) is 9.30. The highest BCUT2D eigenvalue weighted by molar-refractivity contribution is 7.93. The predicted octanol–water partition coefficient (Wildman–Crippen LogP) is 3.82. The average Bonchev–Trinajstić information content (AvgIpc) is 2.64. The highest BCUT2D eigenvalue weighted by Gasteiger charge is 2.46. The Kier molecular flexibility index (Phi) is 8.24. The molecule has 2 N–H and O–H groups in total. The Labute approximate surface area is 161 Å². The van der Waals surface area contributed by atoms with E-state index in [1.807, 2.05) is 20.8 Å². The van der Waals surface area contributed by atoms with E-state index < -0.39 is 20.5 Å². The molecule has 6 nitrogen and oxygen atoms in total. The SMILES string of the molecule is COc1ccc(S(=O)(=O)C(C)(CC=C(C)CCC=C(C)C)C(=O)NO)cc1. The topological polar surface area (TPSA) is 92.7 Å². The molecule has 0 radical (unpaired) electrons. The van der Waals surface area contributed by atoms with Crippen molar-refractivity contribution in [3.05, 3.63) is 47.6 Å². The summed E-state index contributed by atoms with van der Waals surface area (Å²) >= 11 is 0. The van der Waals surface area contributed by atoms with Crippen molar-refractivity contribution >= 4 is 15.7 Å². The van der Waals surface area contributed by atoms with Gasteiger partial charge in [-0.15, -0.1) is 0 Å². The molecule has 7 heteroatoms. The fourth-order valence-corrected chi connectivity index (χ4v) is 4.12. The highest BCUT2D eigenvalue weighted by Crippen LogP contribution is 2.31. The number of hydrogen-bond donors (Lipinski definition) is 2. The summed E-state index contributed by atoms with van der Waals surface area (Å²) in [5.41, 5.74) is 3.70. The van der Waals surface area contributed by atoms with E-state index in [1.54, 1.807) is 6.08 Å². The molecule has 0 spiro atoms. The number of ether oxygens (including phenoxy) is 1. The van der Waals surface area contributed by atoms with Gasteiger partial charge in [0.05, 0.1) is 12.0 Å². The Morgan fingerprint density at radius 1 is 1.19 bits per heavy atom. The number of rotatable bonds is 9. The fraction of sp³-hybridized carbons (Fsp3) is 0.450. The molecule has 1 unspecified atom stereocenters. The van der Waals surface area contributed by atoms with Crippen LogP contribution < -0.4 is 10.2 Å². The zero-order valence-corrected chi connectivity index (χ0v) is 17.4. The molecule has 0 heterocycles. The summed E-state index contributed by atoms with van der Waals surface area (Å²) in [6, 6.07) is 5.82. The van der Waals surface area contributed by atoms with E-state index in [-0.39, 0.29) is 11.3 Å². The van der Waals surface area contributed by atoms with Crippen LogP contribution in [0.3, 0.4) is 0 Å². The van der Waals surface area contributed by atoms with Gasteiger partial charge in [-0.2, -0.15) is 0 Å². The van der Waals surface area contributed by atoms with Crippen LogP contribution in [-0.4, -0.2) is 31.4 Å². The molecule has 0 saturated heterocycles. The Bertz CT molecular complexity index is 805. The summed E-state index contributed by atoms with van der Waals surface area (Å²) in [5.74, 6) is -0.455. The van der Waals surface area contributed by atoms with E-state index in [0.29, 0.717) is 5.75 Å². The maximum absolute atomic E-state index is 13.1. The summed E-state index contributed by atoms with van der Waals surface area (Å²) in [6.07, 6.45) is 5.41. The van der Waals surface area contributed by atoms with Gasteiger partial charge in [-0.25, -0.2) is 13.9 Å². The molecule has 1 aromatic rings. The van der Waals surface area contributed by atoms with E-state index in [9.17, 15) is 13.2 Å². The summed E-state index contributed by atoms with van der Waals surface area (Å²) < 4.78 is 29.4. The van der Waals surface area contributed by atoms with Crippen LogP contribution in [0.1, 0.15) is 47.0 Å². The van der Waals surface area contributed by atoms with Gasteiger partial charge in [0.25, 0.3) is 5.91 Å². The van der Waals surface area contributed by atoms with Crippen LogP contribution in [0.5, 0.6) is 5.75 Å². The standard InChI is InChI=1S/C20H29NO5S/c1-15(2)7-6-8-16(3)13-14-20(4,19(22)21-23)27(24,25)18-11-9-17(26-5)10-12-18/h7,9-13,23H,6,8,14H2,1-5H3,(H,21,22). The molecule has 0 fully saturated rings. The Hall–Kier alpha value is -2.12. The van der Waals surface area contributed by atoms with Crippen LogP contribution in [0.2, 0.25) is 0 Å². The first-order valence-electron chi connectivity index (χ1n) is 8.70. The molecule has 0 bridgehead atoms. The summed E-state index contributed by atoms with van der Waals surface area (Å²) in [5, 5.41) is 9.12. The van der Waals surface area contributed by atoms with Crippen LogP contribution in [0.4, 0.5) is 0 Å². The van der Waals surface area contributed by atoms with Crippen LogP contribution in [0.25, 0.3) is 0 Å². The molecular weight excluding hydrogens is 366 g/mol. The van der Waals surface area contributed by atoms with Crippen molar-refractivity contribution in [1.29, 1.82) is 0 Å². The van der Waals surface area contributed by atoms with Gasteiger partial charge in [-0.05, 0) is 71.2 Å². The number of sulfone groups is 1. The van der Waals surface area contributed by atoms with Crippen LogP contribution >= 0.6 is 0 Å². The summed E-state index contributed by atoms with van der Waals surface area (Å²) in [4.78, 5) is 12.3. The van der Waals surface area contributed by atoms with Crippen molar-refractivity contribution in [3.63, 3.8) is 0 Å². The molecule has 0 aliphatic carbocycles. The molecule has 150 valence electrons. The van der Waals surface area contributed by atoms with Crippen molar-refractivity contribution in [2.24, 2.45) is 0 Å². The molecule has 0 aromatic heterocycles. The zero-order chi connectivity index (χ0) is 20.7. The third-order valence-electron chi connectivity index (χ3n) is 4.48. The highest BCUT2D eigenvalue weighted by atomic mass is 32.2. The van der Waals surface area contributed by atoms with E-state index in [4.69, 9.17) is 9.94 Å². The third kappa shape index (κ3) is 5.68. The minimum atomic E-state index is -4.05. The largest absolute Gasteiger partial charge is 0.497 e. The van der Waals surface area contributed by atoms with Crippen LogP contribution in [0.15, 0.2) is 52.5 Å². The quantitative estimate of drug-likeness (QED) is 0.377. The first-order chi connectivity index (χ1) is 12.6. The van der Waals surface area contributed by atoms with Crippen molar-refractivity contribution in [2.75, 3.05) is 7.11 Å². The maximum atomic E-state index is 13.1. The van der Waals surface area contributed by atoms with Crippen molar-refractivity contribution < 1.29 is 23.2 Å². The lowest BCUT2D eigenvalue weighted by molar-refractivity contribution is -0.131. The number of carbonyl (C=O) groups excluding carboxylic acids is 1. The lowest BCUT2D eigenvalue weighted by atomic mass is 10.0. The lowest BCUT2D eigenvalue weighted by Gasteiger charge is -2.26. The van der Waals surface area contributed by atoms with Gasteiger partial charge in [-0.3, -0.25) is 10.0 Å². The van der Waals surface area contributed by atoms with Gasteiger partial charge in [-0.1, -0.05) is 23.3 Å². The van der Waals surface area contributed by atoms with Gasteiger partial charge in [0, 0.05) is 0 Å². The summed E-state index contributed by atoms with van der Waals surface area (Å²) in [6.45, 7) is 7.25. The summed E-state index contributed by atoms with van der Waals surface area (Å²) in [7, 11) is -2.57. The Morgan fingerprint density at radius 2 is 1.78 bits per heavy atom. The van der Waals surface area contributed by atoms with Gasteiger partial charge in [0.15, 0.2) is 14.6 Å². The minimum Gasteiger partial charge on any atom is -0.497 e. The van der Waals surface area contributed by atoms with Gasteiger partial charge >= 0.3 is 0 Å². The number of methoxy groups -OCH3 is 1.